The van der Waals surface area contributed by atoms with E-state index in [4.69, 9.17) is 12.2 Å². The summed E-state index contributed by atoms with van der Waals surface area (Å²) in [4.78, 5) is 14.6. The fourth-order valence-electron chi connectivity index (χ4n) is 0.741. The van der Waals surface area contributed by atoms with Crippen molar-refractivity contribution < 1.29 is 4.79 Å². The Kier molecular flexibility index (Phi) is 3.31. The molecule has 0 spiro atoms. The van der Waals surface area contributed by atoms with Gasteiger partial charge in [-0.15, -0.1) is 4.94 Å². The van der Waals surface area contributed by atoms with Crippen molar-refractivity contribution in [2.24, 2.45) is 0 Å². The van der Waals surface area contributed by atoms with Crippen LogP contribution in [-0.4, -0.2) is 34.9 Å². The highest BCUT2D eigenvalue weighted by Crippen LogP contribution is 2.06. The lowest BCUT2D eigenvalue weighted by atomic mass is 10.5. The second-order valence-corrected chi connectivity index (χ2v) is 5.81. The molecule has 0 bridgehead atoms. The molecule has 1 saturated heterocycles. The van der Waals surface area contributed by atoms with E-state index < -0.39 is 0 Å². The van der Waals surface area contributed by atoms with E-state index >= 15 is 0 Å². The topological polar surface area (TPSA) is 32.3 Å². The maximum Gasteiger partial charge on any atom is 0.369 e. The molecule has 0 aromatic heterocycles. The molecule has 1 amide bonds. The van der Waals surface area contributed by atoms with Crippen LogP contribution in [0.25, 0.3) is 0 Å². The third-order valence-electron chi connectivity index (χ3n) is 1.36. The summed E-state index contributed by atoms with van der Waals surface area (Å²) >= 11 is 6.93. The number of halogens is 1. The number of carbonyl (C=O) groups excluding carboxylic acids is 1. The molecule has 0 aliphatic carbocycles. The minimum absolute atomic E-state index is 0.0147. The van der Waals surface area contributed by atoms with Crippen molar-refractivity contribution in [3.05, 3.63) is 10.6 Å². The van der Waals surface area contributed by atoms with Gasteiger partial charge in [0, 0.05) is 7.05 Å². The Morgan fingerprint density at radius 2 is 2.45 bits per heavy atom. The van der Waals surface area contributed by atoms with Crippen LogP contribution in [0.2, 0.25) is 0 Å². The molecule has 1 N–H and O–H groups in total. The number of hydrogen-bond donors (Lipinski definition) is 1. The molecule has 0 aromatic carbocycles. The molecule has 1 aliphatic heterocycles. The first-order valence-corrected chi connectivity index (χ1v) is 9.35. The van der Waals surface area contributed by atoms with Gasteiger partial charge >= 0.3 is 11.9 Å². The molecule has 3 nitrogen and oxygen atoms in total. The predicted molar refractivity (Wildman–Crippen MR) is 57.8 cm³/mol. The highest BCUT2D eigenvalue weighted by molar-refractivity contribution is 14.1. The van der Waals surface area contributed by atoms with E-state index in [1.54, 1.807) is 7.05 Å². The van der Waals surface area contributed by atoms with E-state index in [1.807, 2.05) is 4.94 Å². The number of hydrogen-bond acceptors (Lipinski definition) is 2. The van der Waals surface area contributed by atoms with Crippen LogP contribution < -0.4 is 5.32 Å². The van der Waals surface area contributed by atoms with Gasteiger partial charge in [-0.05, 0) is 12.2 Å². The summed E-state index contributed by atoms with van der Waals surface area (Å²) in [7, 11) is 1.67. The SMILES string of the molecule is CN1C(=O)/C(=[CH]/[AlH][I])NC1=S. The van der Waals surface area contributed by atoms with Crippen LogP contribution >= 0.6 is 32.5 Å². The van der Waals surface area contributed by atoms with E-state index in [0.717, 1.165) is 0 Å². The lowest BCUT2D eigenvalue weighted by Crippen LogP contribution is -2.25. The van der Waals surface area contributed by atoms with Gasteiger partial charge in [0.15, 0.2) is 5.11 Å². The van der Waals surface area contributed by atoms with Gasteiger partial charge in [0.05, 0.1) is 5.70 Å². The molecular formula is C5H6AlIN2OS. The van der Waals surface area contributed by atoms with Crippen molar-refractivity contribution in [2.45, 2.75) is 0 Å². The quantitative estimate of drug-likeness (QED) is 0.319. The molecule has 0 saturated carbocycles. The molecule has 0 atom stereocenters. The zero-order valence-electron chi connectivity index (χ0n) is 5.93. The van der Waals surface area contributed by atoms with Gasteiger partial charge in [-0.2, -0.15) is 0 Å². The highest BCUT2D eigenvalue weighted by Gasteiger charge is 2.25. The molecule has 0 unspecified atom stereocenters. The average Bonchev–Trinajstić information content (AvgIpc) is 2.19. The van der Waals surface area contributed by atoms with Gasteiger partial charge in [-0.25, -0.2) is 20.3 Å². The molecule has 58 valence electrons. The smallest absolute Gasteiger partial charge is 0.329 e. The summed E-state index contributed by atoms with van der Waals surface area (Å²) in [6, 6.07) is 0. The average molecular weight is 296 g/mol. The summed E-state index contributed by atoms with van der Waals surface area (Å²) in [6.07, 6.45) is 0. The van der Waals surface area contributed by atoms with Gasteiger partial charge in [0.2, 0.25) is 0 Å². The van der Waals surface area contributed by atoms with Crippen molar-refractivity contribution in [2.75, 3.05) is 7.05 Å². The Morgan fingerprint density at radius 3 is 2.82 bits per heavy atom. The van der Waals surface area contributed by atoms with Crippen molar-refractivity contribution in [1.82, 2.24) is 10.2 Å². The zero-order chi connectivity index (χ0) is 8.43. The Bertz CT molecular complexity index is 243. The lowest BCUT2D eigenvalue weighted by Gasteiger charge is -2.02. The molecule has 0 aromatic rings. The third-order valence-corrected chi connectivity index (χ3v) is 3.62. The zero-order valence-corrected chi connectivity index (χ0v) is 10.3. The molecule has 1 aliphatic rings. The monoisotopic (exact) mass is 296 g/mol. The van der Waals surface area contributed by atoms with Gasteiger partial charge in [0.1, 0.15) is 0 Å². The number of thiocarbonyl (C=S) groups is 1. The molecular weight excluding hydrogens is 290 g/mol. The van der Waals surface area contributed by atoms with Crippen LogP contribution in [0.4, 0.5) is 0 Å². The summed E-state index contributed by atoms with van der Waals surface area (Å²) < 4.78 is 0. The number of rotatable bonds is 1. The standard InChI is InChI=1S/C5H5N2OS.Al.HI.H/c1-3-4(8)7(2)5(9)6-3;;;/h1H,2H3,(H,6,9);;1H;/q;+1;;/p-1. The number of nitrogens with one attached hydrogen (secondary N) is 1. The second kappa shape index (κ2) is 3.85. The Morgan fingerprint density at radius 1 is 1.82 bits per heavy atom. The summed E-state index contributed by atoms with van der Waals surface area (Å²) in [6.45, 7) is 0. The third kappa shape index (κ3) is 1.93. The number of carbonyl (C=O) groups is 1. The number of amides is 1. The molecule has 1 heterocycles. The van der Waals surface area contributed by atoms with E-state index in [2.05, 4.69) is 25.6 Å². The van der Waals surface area contributed by atoms with Crippen molar-refractivity contribution in [3.8, 4) is 0 Å². The fourth-order valence-corrected chi connectivity index (χ4v) is 2.69. The van der Waals surface area contributed by atoms with Gasteiger partial charge < -0.3 is 5.32 Å². The van der Waals surface area contributed by atoms with Crippen LogP contribution in [-0.2, 0) is 4.79 Å². The summed E-state index contributed by atoms with van der Waals surface area (Å²) in [5, 5.41) is 3.35. The maximum atomic E-state index is 11.2. The largest absolute Gasteiger partial charge is 0.369 e. The molecule has 1 fully saturated rings. The van der Waals surface area contributed by atoms with E-state index in [0.29, 0.717) is 10.8 Å². The second-order valence-electron chi connectivity index (χ2n) is 2.07. The van der Waals surface area contributed by atoms with Gasteiger partial charge in [-0.3, -0.25) is 9.69 Å². The van der Waals surface area contributed by atoms with E-state index in [1.165, 1.54) is 4.90 Å². The van der Waals surface area contributed by atoms with Gasteiger partial charge in [-0.1, -0.05) is 0 Å². The summed E-state index contributed by atoms with van der Waals surface area (Å²) in [5.41, 5.74) is 0.651. The molecule has 1 rings (SSSR count). The van der Waals surface area contributed by atoms with Crippen LogP contribution in [0.3, 0.4) is 0 Å². The Labute approximate surface area is 87.6 Å². The molecule has 11 heavy (non-hydrogen) atoms. The first-order valence-electron chi connectivity index (χ1n) is 3.02. The Balaban J connectivity index is 2.83. The van der Waals surface area contributed by atoms with E-state index in [-0.39, 0.29) is 17.8 Å². The first kappa shape index (κ1) is 9.45. The minimum Gasteiger partial charge on any atom is -0.329 e. The minimum atomic E-state index is -0.254. The van der Waals surface area contributed by atoms with Crippen molar-refractivity contribution >= 4 is 55.4 Å². The normalized spacial score (nSPS) is 20.9. The molecule has 0 radical (unpaired) electrons. The fraction of sp³-hybridized carbons (Fsp3) is 0.200. The number of likely N-dealkylation sites (N-methyl/N-ethyl adjacent to an activating group) is 1. The predicted octanol–water partition coefficient (Wildman–Crippen LogP) is -0.0392. The lowest BCUT2D eigenvalue weighted by molar-refractivity contribution is -0.121. The van der Waals surface area contributed by atoms with Crippen LogP contribution in [0, 0.1) is 0 Å². The maximum absolute atomic E-state index is 11.2. The first-order chi connectivity index (χ1) is 5.16. The van der Waals surface area contributed by atoms with Crippen molar-refractivity contribution in [1.29, 1.82) is 0 Å². The van der Waals surface area contributed by atoms with E-state index in [9.17, 15) is 4.79 Å². The van der Waals surface area contributed by atoms with Crippen LogP contribution in [0.15, 0.2) is 10.6 Å². The summed E-state index contributed by atoms with van der Waals surface area (Å²) in [5.74, 6) is -0.0147. The highest BCUT2D eigenvalue weighted by atomic mass is 127. The number of nitrogens with zero attached hydrogens (tertiary/aromatic N) is 1. The van der Waals surface area contributed by atoms with Crippen LogP contribution in [0.5, 0.6) is 0 Å². The Hall–Kier alpha value is 0.362. The van der Waals surface area contributed by atoms with Gasteiger partial charge in [0.25, 0.3) is 5.91 Å². The van der Waals surface area contributed by atoms with Crippen LogP contribution in [0.1, 0.15) is 0 Å². The van der Waals surface area contributed by atoms with Crippen molar-refractivity contribution in [3.63, 3.8) is 0 Å². The molecule has 6 heteroatoms.